The highest BCUT2D eigenvalue weighted by Gasteiger charge is 2.39. The molecule has 0 aliphatic heterocycles. The first-order valence-electron chi connectivity index (χ1n) is 4.91. The summed E-state index contributed by atoms with van der Waals surface area (Å²) in [6.07, 6.45) is 2.70. The van der Waals surface area contributed by atoms with Crippen LogP contribution in [0.1, 0.15) is 39.5 Å². The highest BCUT2D eigenvalue weighted by atomic mass is 16.4. The zero-order valence-corrected chi connectivity index (χ0v) is 8.29. The Bertz CT molecular complexity index is 200. The Labute approximate surface area is 78.8 Å². The fraction of sp³-hybridized carbons (Fsp3) is 0.900. The Morgan fingerprint density at radius 2 is 2.15 bits per heavy atom. The zero-order valence-electron chi connectivity index (χ0n) is 8.29. The summed E-state index contributed by atoms with van der Waals surface area (Å²) < 4.78 is 0. The molecule has 0 aromatic rings. The number of carboxylic acid groups (broad SMARTS) is 1. The van der Waals surface area contributed by atoms with Crippen LogP contribution in [0.3, 0.4) is 0 Å². The Morgan fingerprint density at radius 3 is 2.62 bits per heavy atom. The molecule has 2 N–H and O–H groups in total. The van der Waals surface area contributed by atoms with Crippen molar-refractivity contribution in [1.82, 2.24) is 0 Å². The van der Waals surface area contributed by atoms with Crippen molar-refractivity contribution < 1.29 is 15.0 Å². The molecule has 3 heteroatoms. The topological polar surface area (TPSA) is 57.5 Å². The molecule has 0 saturated heterocycles. The van der Waals surface area contributed by atoms with E-state index in [0.717, 1.165) is 12.8 Å². The average Bonchev–Trinajstić information content (AvgIpc) is 2.04. The maximum absolute atomic E-state index is 10.8. The summed E-state index contributed by atoms with van der Waals surface area (Å²) in [4.78, 5) is 10.8. The van der Waals surface area contributed by atoms with Gasteiger partial charge in [-0.25, -0.2) is 0 Å². The third-order valence-corrected chi connectivity index (χ3v) is 3.19. The van der Waals surface area contributed by atoms with Crippen molar-refractivity contribution in [2.75, 3.05) is 0 Å². The summed E-state index contributed by atoms with van der Waals surface area (Å²) >= 11 is 0. The monoisotopic (exact) mass is 186 g/mol. The van der Waals surface area contributed by atoms with Crippen LogP contribution in [0.25, 0.3) is 0 Å². The van der Waals surface area contributed by atoms with Gasteiger partial charge >= 0.3 is 5.97 Å². The van der Waals surface area contributed by atoms with Gasteiger partial charge in [0, 0.05) is 0 Å². The highest BCUT2D eigenvalue weighted by molar-refractivity contribution is 5.70. The molecule has 1 saturated carbocycles. The first-order valence-corrected chi connectivity index (χ1v) is 4.91. The van der Waals surface area contributed by atoms with Crippen molar-refractivity contribution in [2.45, 2.75) is 45.1 Å². The molecule has 76 valence electrons. The third kappa shape index (κ3) is 2.21. The second kappa shape index (κ2) is 3.66. The fourth-order valence-electron chi connectivity index (χ4n) is 2.02. The maximum Gasteiger partial charge on any atom is 0.306 e. The van der Waals surface area contributed by atoms with Gasteiger partial charge in [0.05, 0.1) is 11.5 Å². The van der Waals surface area contributed by atoms with Crippen LogP contribution < -0.4 is 0 Å². The van der Waals surface area contributed by atoms with Crippen molar-refractivity contribution in [3.8, 4) is 0 Å². The van der Waals surface area contributed by atoms with Crippen LogP contribution in [-0.4, -0.2) is 21.8 Å². The summed E-state index contributed by atoms with van der Waals surface area (Å²) in [5, 5.41) is 18.9. The minimum absolute atomic E-state index is 0.148. The number of hydrogen-bond donors (Lipinski definition) is 2. The third-order valence-electron chi connectivity index (χ3n) is 3.19. The van der Waals surface area contributed by atoms with E-state index in [2.05, 4.69) is 0 Å². The van der Waals surface area contributed by atoms with Gasteiger partial charge in [-0.15, -0.1) is 0 Å². The van der Waals surface area contributed by atoms with E-state index in [1.165, 1.54) is 0 Å². The van der Waals surface area contributed by atoms with E-state index in [1.807, 2.05) is 13.8 Å². The predicted octanol–water partition coefficient (Wildman–Crippen LogP) is 1.65. The average molecular weight is 186 g/mol. The molecule has 1 rings (SSSR count). The van der Waals surface area contributed by atoms with Crippen molar-refractivity contribution in [2.24, 2.45) is 11.8 Å². The van der Waals surface area contributed by atoms with Crippen molar-refractivity contribution >= 4 is 5.97 Å². The van der Waals surface area contributed by atoms with Gasteiger partial charge in [0.2, 0.25) is 0 Å². The van der Waals surface area contributed by atoms with Crippen LogP contribution in [0.4, 0.5) is 0 Å². The molecule has 1 aliphatic rings. The molecule has 2 unspecified atom stereocenters. The van der Waals surface area contributed by atoms with Gasteiger partial charge < -0.3 is 10.2 Å². The minimum atomic E-state index is -0.765. The van der Waals surface area contributed by atoms with E-state index >= 15 is 0 Å². The SMILES string of the molecule is CC(C)C1(O)CCCC(C(=O)O)C1. The van der Waals surface area contributed by atoms with Crippen LogP contribution >= 0.6 is 0 Å². The number of carboxylic acids is 1. The van der Waals surface area contributed by atoms with Crippen molar-refractivity contribution in [3.63, 3.8) is 0 Å². The Balaban J connectivity index is 2.65. The molecule has 0 heterocycles. The summed E-state index contributed by atoms with van der Waals surface area (Å²) in [7, 11) is 0. The molecule has 0 amide bonds. The van der Waals surface area contributed by atoms with Crippen LogP contribution in [-0.2, 0) is 4.79 Å². The van der Waals surface area contributed by atoms with Gasteiger partial charge in [-0.1, -0.05) is 13.8 Å². The smallest absolute Gasteiger partial charge is 0.306 e. The lowest BCUT2D eigenvalue weighted by Crippen LogP contribution is -2.42. The number of aliphatic hydroxyl groups is 1. The maximum atomic E-state index is 10.8. The molecular weight excluding hydrogens is 168 g/mol. The number of rotatable bonds is 2. The summed E-state index contributed by atoms with van der Waals surface area (Å²) in [6, 6.07) is 0. The molecule has 1 fully saturated rings. The Kier molecular flexibility index (Phi) is 2.96. The molecule has 13 heavy (non-hydrogen) atoms. The van der Waals surface area contributed by atoms with E-state index < -0.39 is 11.6 Å². The van der Waals surface area contributed by atoms with Gasteiger partial charge in [0.25, 0.3) is 0 Å². The standard InChI is InChI=1S/C10H18O3/c1-7(2)10(13)5-3-4-8(6-10)9(11)12/h7-8,13H,3-6H2,1-2H3,(H,11,12). The second-order valence-corrected chi connectivity index (χ2v) is 4.39. The molecular formula is C10H18O3. The first-order chi connectivity index (χ1) is 5.96. The largest absolute Gasteiger partial charge is 0.481 e. The molecule has 0 radical (unpaired) electrons. The lowest BCUT2D eigenvalue weighted by Gasteiger charge is -2.38. The van der Waals surface area contributed by atoms with Gasteiger partial charge in [0.15, 0.2) is 0 Å². The highest BCUT2D eigenvalue weighted by Crippen LogP contribution is 2.37. The summed E-state index contributed by atoms with van der Waals surface area (Å²) in [5.41, 5.74) is -0.749. The first kappa shape index (κ1) is 10.5. The van der Waals surface area contributed by atoms with Crippen molar-refractivity contribution in [3.05, 3.63) is 0 Å². The molecule has 0 aromatic carbocycles. The van der Waals surface area contributed by atoms with Crippen LogP contribution in [0.5, 0.6) is 0 Å². The van der Waals surface area contributed by atoms with Gasteiger partial charge in [-0.3, -0.25) is 4.79 Å². The molecule has 1 aliphatic carbocycles. The summed E-state index contributed by atoms with van der Waals surface area (Å²) in [6.45, 7) is 3.90. The second-order valence-electron chi connectivity index (χ2n) is 4.39. The number of hydrogen-bond acceptors (Lipinski definition) is 2. The lowest BCUT2D eigenvalue weighted by atomic mass is 9.72. The lowest BCUT2D eigenvalue weighted by molar-refractivity contribution is -0.148. The number of aliphatic carboxylic acids is 1. The van der Waals surface area contributed by atoms with Gasteiger partial charge in [-0.2, -0.15) is 0 Å². The molecule has 0 spiro atoms. The van der Waals surface area contributed by atoms with Crippen LogP contribution in [0.15, 0.2) is 0 Å². The van der Waals surface area contributed by atoms with Crippen LogP contribution in [0.2, 0.25) is 0 Å². The Hall–Kier alpha value is -0.570. The van der Waals surface area contributed by atoms with E-state index in [1.54, 1.807) is 0 Å². The molecule has 3 nitrogen and oxygen atoms in total. The minimum Gasteiger partial charge on any atom is -0.481 e. The van der Waals surface area contributed by atoms with Crippen LogP contribution in [0, 0.1) is 11.8 Å². The predicted molar refractivity (Wildman–Crippen MR) is 49.4 cm³/mol. The number of carbonyl (C=O) groups is 1. The van der Waals surface area contributed by atoms with E-state index in [4.69, 9.17) is 5.11 Å². The fourth-order valence-corrected chi connectivity index (χ4v) is 2.02. The zero-order chi connectivity index (χ0) is 10.1. The van der Waals surface area contributed by atoms with E-state index in [-0.39, 0.29) is 11.8 Å². The van der Waals surface area contributed by atoms with Gasteiger partial charge in [0.1, 0.15) is 0 Å². The van der Waals surface area contributed by atoms with Gasteiger partial charge in [-0.05, 0) is 31.6 Å². The molecule has 0 bridgehead atoms. The van der Waals surface area contributed by atoms with E-state index in [0.29, 0.717) is 12.8 Å². The van der Waals surface area contributed by atoms with E-state index in [9.17, 15) is 9.90 Å². The normalized spacial score (nSPS) is 34.9. The molecule has 0 aromatic heterocycles. The van der Waals surface area contributed by atoms with Crippen molar-refractivity contribution in [1.29, 1.82) is 0 Å². The Morgan fingerprint density at radius 1 is 1.54 bits per heavy atom. The molecule has 2 atom stereocenters. The quantitative estimate of drug-likeness (QED) is 0.689. The summed E-state index contributed by atoms with van der Waals surface area (Å²) in [5.74, 6) is -0.963.